The number of piperidine rings is 1. The quantitative estimate of drug-likeness (QED) is 0.787. The van der Waals surface area contributed by atoms with Crippen molar-refractivity contribution in [2.75, 3.05) is 30.3 Å². The van der Waals surface area contributed by atoms with Crippen LogP contribution in [0.15, 0.2) is 5.16 Å². The number of nitrogens with two attached hydrogens (primary N) is 1. The first-order valence-electron chi connectivity index (χ1n) is 6.73. The maximum absolute atomic E-state index is 8.93. The molecule has 1 aliphatic rings. The van der Waals surface area contributed by atoms with Crippen molar-refractivity contribution in [3.05, 3.63) is 0 Å². The normalized spacial score (nSPS) is 17.5. The van der Waals surface area contributed by atoms with Gasteiger partial charge in [-0.05, 0) is 25.7 Å². The zero-order chi connectivity index (χ0) is 13.7. The van der Waals surface area contributed by atoms with Crippen LogP contribution in [0.4, 0.5) is 11.9 Å². The maximum atomic E-state index is 8.93. The van der Waals surface area contributed by atoms with Gasteiger partial charge < -0.3 is 15.7 Å². The summed E-state index contributed by atoms with van der Waals surface area (Å²) in [5.74, 6) is 0.958. The molecule has 1 atom stereocenters. The highest BCUT2D eigenvalue weighted by atomic mass is 32.2. The van der Waals surface area contributed by atoms with Crippen LogP contribution in [0.1, 0.15) is 32.6 Å². The molecule has 6 nitrogen and oxygen atoms in total. The summed E-state index contributed by atoms with van der Waals surface area (Å²) < 4.78 is 0. The van der Waals surface area contributed by atoms with Gasteiger partial charge in [-0.1, -0.05) is 18.7 Å². The lowest BCUT2D eigenvalue weighted by Gasteiger charge is -2.26. The minimum absolute atomic E-state index is 0.174. The molecule has 1 unspecified atom stereocenters. The minimum atomic E-state index is 0.174. The van der Waals surface area contributed by atoms with E-state index in [2.05, 4.69) is 19.9 Å². The number of thioether (sulfide) groups is 1. The van der Waals surface area contributed by atoms with Crippen LogP contribution in [-0.4, -0.2) is 45.0 Å². The summed E-state index contributed by atoms with van der Waals surface area (Å²) in [7, 11) is 0. The molecule has 0 amide bonds. The minimum Gasteiger partial charge on any atom is -0.396 e. The second-order valence-electron chi connectivity index (χ2n) is 4.76. The Morgan fingerprint density at radius 2 is 2.00 bits per heavy atom. The average Bonchev–Trinajstić information content (AvgIpc) is 2.39. The summed E-state index contributed by atoms with van der Waals surface area (Å²) in [5.41, 5.74) is 5.76. The molecule has 1 aromatic heterocycles. The molecule has 1 saturated heterocycles. The SMILES string of the molecule is CC(CCO)Sc1nc(N)nc(N2CCCCC2)n1. The van der Waals surface area contributed by atoms with E-state index in [0.717, 1.165) is 19.5 Å². The van der Waals surface area contributed by atoms with Gasteiger partial charge in [0, 0.05) is 24.9 Å². The van der Waals surface area contributed by atoms with E-state index >= 15 is 0 Å². The number of anilines is 2. The van der Waals surface area contributed by atoms with Gasteiger partial charge in [0.25, 0.3) is 0 Å². The van der Waals surface area contributed by atoms with Crippen LogP contribution < -0.4 is 10.6 Å². The molecule has 1 fully saturated rings. The Morgan fingerprint density at radius 3 is 2.68 bits per heavy atom. The number of aliphatic hydroxyl groups excluding tert-OH is 1. The standard InChI is InChI=1S/C12H21N5OS/c1-9(5-8-18)19-12-15-10(13)14-11(16-12)17-6-3-2-4-7-17/h9,18H,2-8H2,1H3,(H2,13,14,15,16). The van der Waals surface area contributed by atoms with E-state index in [1.54, 1.807) is 0 Å². The third-order valence-corrected chi connectivity index (χ3v) is 4.13. The van der Waals surface area contributed by atoms with Crippen molar-refractivity contribution in [1.29, 1.82) is 0 Å². The topological polar surface area (TPSA) is 88.2 Å². The molecule has 2 rings (SSSR count). The van der Waals surface area contributed by atoms with Gasteiger partial charge in [-0.15, -0.1) is 0 Å². The second-order valence-corrected chi connectivity index (χ2v) is 6.17. The number of aromatic nitrogens is 3. The molecular formula is C12H21N5OS. The van der Waals surface area contributed by atoms with Crippen molar-refractivity contribution < 1.29 is 5.11 Å². The number of aliphatic hydroxyl groups is 1. The molecule has 0 saturated carbocycles. The van der Waals surface area contributed by atoms with Gasteiger partial charge >= 0.3 is 0 Å². The van der Waals surface area contributed by atoms with Gasteiger partial charge in [-0.3, -0.25) is 0 Å². The first-order valence-corrected chi connectivity index (χ1v) is 7.61. The summed E-state index contributed by atoms with van der Waals surface area (Å²) in [6, 6.07) is 0. The van der Waals surface area contributed by atoms with E-state index in [9.17, 15) is 0 Å². The van der Waals surface area contributed by atoms with E-state index in [4.69, 9.17) is 10.8 Å². The predicted molar refractivity (Wildman–Crippen MR) is 77.3 cm³/mol. The van der Waals surface area contributed by atoms with E-state index < -0.39 is 0 Å². The third kappa shape index (κ3) is 4.21. The van der Waals surface area contributed by atoms with Crippen LogP contribution in [0.5, 0.6) is 0 Å². The average molecular weight is 283 g/mol. The van der Waals surface area contributed by atoms with Gasteiger partial charge in [0.1, 0.15) is 0 Å². The second kappa shape index (κ2) is 6.91. The molecule has 7 heteroatoms. The fourth-order valence-corrected chi connectivity index (χ4v) is 2.93. The molecule has 19 heavy (non-hydrogen) atoms. The largest absolute Gasteiger partial charge is 0.396 e. The number of nitrogens with zero attached hydrogens (tertiary/aromatic N) is 4. The Kier molecular flexibility index (Phi) is 5.21. The number of nitrogen functional groups attached to an aromatic ring is 1. The molecule has 0 aromatic carbocycles. The van der Waals surface area contributed by atoms with Gasteiger partial charge in [0.05, 0.1) is 0 Å². The Hall–Kier alpha value is -1.08. The lowest BCUT2D eigenvalue weighted by atomic mass is 10.1. The fraction of sp³-hybridized carbons (Fsp3) is 0.750. The zero-order valence-corrected chi connectivity index (χ0v) is 12.1. The fourth-order valence-electron chi connectivity index (χ4n) is 2.07. The van der Waals surface area contributed by atoms with Crippen molar-refractivity contribution >= 4 is 23.7 Å². The highest BCUT2D eigenvalue weighted by Crippen LogP contribution is 2.24. The van der Waals surface area contributed by atoms with Crippen molar-refractivity contribution in [2.45, 2.75) is 43.0 Å². The number of hydrogen-bond acceptors (Lipinski definition) is 7. The molecule has 0 radical (unpaired) electrons. The van der Waals surface area contributed by atoms with Gasteiger partial charge in [-0.25, -0.2) is 0 Å². The van der Waals surface area contributed by atoms with Gasteiger partial charge in [-0.2, -0.15) is 15.0 Å². The van der Waals surface area contributed by atoms with Crippen molar-refractivity contribution in [2.24, 2.45) is 0 Å². The summed E-state index contributed by atoms with van der Waals surface area (Å²) in [6.07, 6.45) is 4.34. The van der Waals surface area contributed by atoms with Crippen molar-refractivity contribution in [3.8, 4) is 0 Å². The van der Waals surface area contributed by atoms with Gasteiger partial charge in [0.15, 0.2) is 5.16 Å². The molecule has 0 bridgehead atoms. The maximum Gasteiger partial charge on any atom is 0.231 e. The molecule has 0 spiro atoms. The first kappa shape index (κ1) is 14.3. The molecule has 1 aromatic rings. The van der Waals surface area contributed by atoms with Crippen LogP contribution in [0, 0.1) is 0 Å². The Balaban J connectivity index is 2.09. The monoisotopic (exact) mass is 283 g/mol. The molecule has 2 heterocycles. The van der Waals surface area contributed by atoms with Crippen molar-refractivity contribution in [1.82, 2.24) is 15.0 Å². The summed E-state index contributed by atoms with van der Waals surface area (Å²) in [5, 5.41) is 9.84. The number of hydrogen-bond donors (Lipinski definition) is 2. The van der Waals surface area contributed by atoms with Crippen LogP contribution in [0.2, 0.25) is 0 Å². The van der Waals surface area contributed by atoms with Crippen molar-refractivity contribution in [3.63, 3.8) is 0 Å². The highest BCUT2D eigenvalue weighted by Gasteiger charge is 2.16. The van der Waals surface area contributed by atoms with Crippen LogP contribution in [0.3, 0.4) is 0 Å². The predicted octanol–water partition coefficient (Wildman–Crippen LogP) is 1.31. The van der Waals surface area contributed by atoms with Crippen LogP contribution in [0.25, 0.3) is 0 Å². The Bertz CT molecular complexity index is 411. The van der Waals surface area contributed by atoms with E-state index in [1.807, 2.05) is 6.92 Å². The van der Waals surface area contributed by atoms with E-state index in [1.165, 1.54) is 31.0 Å². The lowest BCUT2D eigenvalue weighted by molar-refractivity contribution is 0.289. The summed E-state index contributed by atoms with van der Waals surface area (Å²) in [6.45, 7) is 4.19. The van der Waals surface area contributed by atoms with E-state index in [-0.39, 0.29) is 17.8 Å². The van der Waals surface area contributed by atoms with Crippen LogP contribution in [-0.2, 0) is 0 Å². The molecule has 106 valence electrons. The molecule has 3 N–H and O–H groups in total. The summed E-state index contributed by atoms with van der Waals surface area (Å²) in [4.78, 5) is 15.0. The zero-order valence-electron chi connectivity index (χ0n) is 11.2. The van der Waals surface area contributed by atoms with E-state index in [0.29, 0.717) is 11.1 Å². The first-order chi connectivity index (χ1) is 9.19. The molecular weight excluding hydrogens is 262 g/mol. The molecule has 1 aliphatic heterocycles. The molecule has 0 aliphatic carbocycles. The van der Waals surface area contributed by atoms with Gasteiger partial charge in [0.2, 0.25) is 11.9 Å². The third-order valence-electron chi connectivity index (χ3n) is 3.10. The lowest BCUT2D eigenvalue weighted by Crippen LogP contribution is -2.31. The summed E-state index contributed by atoms with van der Waals surface area (Å²) >= 11 is 1.53. The number of rotatable bonds is 5. The Labute approximate surface area is 117 Å². The smallest absolute Gasteiger partial charge is 0.231 e. The highest BCUT2D eigenvalue weighted by molar-refractivity contribution is 7.99. The van der Waals surface area contributed by atoms with Crippen LogP contribution >= 0.6 is 11.8 Å². The Morgan fingerprint density at radius 1 is 1.26 bits per heavy atom.